The maximum atomic E-state index is 12.3. The highest BCUT2D eigenvalue weighted by Crippen LogP contribution is 2.53. The van der Waals surface area contributed by atoms with Gasteiger partial charge in [-0.1, -0.05) is 31.4 Å². The van der Waals surface area contributed by atoms with Crippen LogP contribution in [0.1, 0.15) is 76.8 Å². The zero-order chi connectivity index (χ0) is 22.6. The van der Waals surface area contributed by atoms with Crippen molar-refractivity contribution in [3.05, 3.63) is 34.9 Å². The van der Waals surface area contributed by atoms with E-state index in [0.717, 1.165) is 55.4 Å². The normalized spacial score (nSPS) is 22.5. The quantitative estimate of drug-likeness (QED) is 0.263. The van der Waals surface area contributed by atoms with E-state index in [1.165, 1.54) is 5.57 Å². The minimum absolute atomic E-state index is 0.100. The van der Waals surface area contributed by atoms with Crippen LogP contribution in [-0.4, -0.2) is 41.3 Å². The van der Waals surface area contributed by atoms with E-state index >= 15 is 0 Å². The summed E-state index contributed by atoms with van der Waals surface area (Å²) in [5.41, 5.74) is 2.97. The summed E-state index contributed by atoms with van der Waals surface area (Å²) >= 11 is 0. The molecule has 0 amide bonds. The average Bonchev–Trinajstić information content (AvgIpc) is 2.71. The van der Waals surface area contributed by atoms with E-state index in [1.54, 1.807) is 0 Å². The van der Waals surface area contributed by atoms with Gasteiger partial charge in [-0.3, -0.25) is 0 Å². The minimum atomic E-state index is -1.13. The van der Waals surface area contributed by atoms with E-state index in [4.69, 9.17) is 19.3 Å². The number of hydrogen-bond acceptors (Lipinski definition) is 6. The number of benzene rings is 1. The molecule has 2 aliphatic rings. The molecule has 0 bridgehead atoms. The summed E-state index contributed by atoms with van der Waals surface area (Å²) in [5, 5.41) is 18.4. The van der Waals surface area contributed by atoms with Gasteiger partial charge < -0.3 is 24.4 Å². The smallest absolute Gasteiger partial charge is 0.487 e. The molecular weight excluding hydrogens is 396 g/mol. The first-order valence-corrected chi connectivity index (χ1v) is 11.4. The van der Waals surface area contributed by atoms with Crippen LogP contribution in [0.25, 0.3) is 0 Å². The highest BCUT2D eigenvalue weighted by atomic mass is 16.7. The second kappa shape index (κ2) is 10.0. The van der Waals surface area contributed by atoms with Crippen molar-refractivity contribution in [2.75, 3.05) is 13.2 Å². The Balaban J connectivity index is 1.96. The Morgan fingerprint density at radius 3 is 2.81 bits per heavy atom. The molecule has 0 spiro atoms. The fourth-order valence-electron chi connectivity index (χ4n) is 4.70. The van der Waals surface area contributed by atoms with E-state index in [1.807, 2.05) is 6.07 Å². The van der Waals surface area contributed by atoms with Crippen molar-refractivity contribution in [2.24, 2.45) is 5.92 Å². The molecule has 1 aliphatic heterocycles. The lowest BCUT2D eigenvalue weighted by Crippen LogP contribution is -2.45. The summed E-state index contributed by atoms with van der Waals surface area (Å²) in [7, 11) is 0. The zero-order valence-electron chi connectivity index (χ0n) is 19.1. The van der Waals surface area contributed by atoms with E-state index < -0.39 is 18.9 Å². The van der Waals surface area contributed by atoms with Gasteiger partial charge in [0.05, 0.1) is 6.61 Å². The van der Waals surface area contributed by atoms with Crippen LogP contribution in [0.4, 0.5) is 4.79 Å². The van der Waals surface area contributed by atoms with Crippen LogP contribution in [0.5, 0.6) is 11.5 Å². The Labute approximate surface area is 185 Å². The van der Waals surface area contributed by atoms with Crippen LogP contribution in [0.15, 0.2) is 23.8 Å². The average molecular weight is 433 g/mol. The van der Waals surface area contributed by atoms with Gasteiger partial charge in [-0.15, -0.1) is 0 Å². The molecule has 6 nitrogen and oxygen atoms in total. The Morgan fingerprint density at radius 2 is 2.10 bits per heavy atom. The van der Waals surface area contributed by atoms with Gasteiger partial charge in [0.1, 0.15) is 29.8 Å². The van der Waals surface area contributed by atoms with Crippen molar-refractivity contribution >= 4 is 6.16 Å². The SMILES string of the molecule is CCCCCc1cc(OC(=O)OC[C@@H](O)CO)c2c(c1)OC(C)(C)C1CCC(C)=CC21. The zero-order valence-corrected chi connectivity index (χ0v) is 19.1. The molecule has 2 unspecified atom stereocenters. The van der Waals surface area contributed by atoms with Gasteiger partial charge >= 0.3 is 6.16 Å². The maximum absolute atomic E-state index is 12.3. The topological polar surface area (TPSA) is 85.2 Å². The largest absolute Gasteiger partial charge is 0.513 e. The molecule has 3 atom stereocenters. The number of carbonyl (C=O) groups excluding carboxylic acids is 1. The Bertz CT molecular complexity index is 812. The number of unbranched alkanes of at least 4 members (excludes halogenated alkanes) is 2. The second-order valence-electron chi connectivity index (χ2n) is 9.35. The summed E-state index contributed by atoms with van der Waals surface area (Å²) in [6.45, 7) is 7.78. The van der Waals surface area contributed by atoms with Crippen molar-refractivity contribution in [2.45, 2.75) is 83.8 Å². The molecule has 1 aliphatic carbocycles. The molecular formula is C25H36O6. The van der Waals surface area contributed by atoms with Gasteiger partial charge in [-0.2, -0.15) is 0 Å². The van der Waals surface area contributed by atoms with E-state index in [2.05, 4.69) is 39.8 Å². The first-order valence-electron chi connectivity index (χ1n) is 11.4. The summed E-state index contributed by atoms with van der Waals surface area (Å²) in [4.78, 5) is 12.3. The summed E-state index contributed by atoms with van der Waals surface area (Å²) in [6, 6.07) is 4.02. The Morgan fingerprint density at radius 1 is 1.32 bits per heavy atom. The molecule has 0 fully saturated rings. The Kier molecular flexibility index (Phi) is 7.65. The number of allylic oxidation sites excluding steroid dienone is 2. The van der Waals surface area contributed by atoms with Crippen molar-refractivity contribution in [3.8, 4) is 11.5 Å². The van der Waals surface area contributed by atoms with Gasteiger partial charge in [0.15, 0.2) is 0 Å². The van der Waals surface area contributed by atoms with Crippen LogP contribution >= 0.6 is 0 Å². The third-order valence-corrected chi connectivity index (χ3v) is 6.38. The lowest BCUT2D eigenvalue weighted by Gasteiger charge is -2.46. The molecule has 2 N–H and O–H groups in total. The van der Waals surface area contributed by atoms with Gasteiger partial charge in [0, 0.05) is 17.4 Å². The maximum Gasteiger partial charge on any atom is 0.513 e. The number of aliphatic hydroxyl groups is 2. The fourth-order valence-corrected chi connectivity index (χ4v) is 4.70. The van der Waals surface area contributed by atoms with Crippen LogP contribution in [0.2, 0.25) is 0 Å². The van der Waals surface area contributed by atoms with Crippen LogP contribution in [0, 0.1) is 5.92 Å². The van der Waals surface area contributed by atoms with Crippen molar-refractivity contribution in [1.29, 1.82) is 0 Å². The van der Waals surface area contributed by atoms with Gasteiger partial charge in [0.25, 0.3) is 0 Å². The van der Waals surface area contributed by atoms with Crippen molar-refractivity contribution in [3.63, 3.8) is 0 Å². The number of fused-ring (bicyclic) bond motifs is 3. The molecule has 6 heteroatoms. The first kappa shape index (κ1) is 23.6. The van der Waals surface area contributed by atoms with E-state index in [9.17, 15) is 9.90 Å². The highest BCUT2D eigenvalue weighted by molar-refractivity contribution is 5.67. The van der Waals surface area contributed by atoms with Crippen LogP contribution in [-0.2, 0) is 11.2 Å². The van der Waals surface area contributed by atoms with Gasteiger partial charge in [-0.25, -0.2) is 4.79 Å². The Hall–Kier alpha value is -2.05. The number of rotatable bonds is 8. The molecule has 1 heterocycles. The molecule has 31 heavy (non-hydrogen) atoms. The molecule has 172 valence electrons. The number of ether oxygens (including phenoxy) is 3. The van der Waals surface area contributed by atoms with Crippen LogP contribution in [0.3, 0.4) is 0 Å². The monoisotopic (exact) mass is 432 g/mol. The lowest BCUT2D eigenvalue weighted by atomic mass is 9.68. The third-order valence-electron chi connectivity index (χ3n) is 6.38. The molecule has 0 aromatic heterocycles. The standard InChI is InChI=1S/C25H36O6/c1-5-6-7-8-17-12-21(30-24(28)29-15-18(27)14-26)23-19-11-16(2)9-10-20(19)25(3,4)31-22(23)13-17/h11-13,18-20,26-27H,5-10,14-15H2,1-4H3/t18-,19?,20?/m0/s1. The second-order valence-corrected chi connectivity index (χ2v) is 9.35. The predicted octanol–water partition coefficient (Wildman–Crippen LogP) is 4.90. The molecule has 0 saturated heterocycles. The van der Waals surface area contributed by atoms with Crippen molar-refractivity contribution in [1.82, 2.24) is 0 Å². The van der Waals surface area contributed by atoms with E-state index in [-0.39, 0.29) is 24.0 Å². The summed E-state index contributed by atoms with van der Waals surface area (Å²) in [6.07, 6.45) is 6.51. The van der Waals surface area contributed by atoms with Crippen molar-refractivity contribution < 1.29 is 29.2 Å². The molecule has 0 saturated carbocycles. The van der Waals surface area contributed by atoms with Crippen LogP contribution < -0.4 is 9.47 Å². The lowest BCUT2D eigenvalue weighted by molar-refractivity contribution is 0.00812. The first-order chi connectivity index (χ1) is 14.7. The predicted molar refractivity (Wildman–Crippen MR) is 119 cm³/mol. The molecule has 1 aromatic rings. The fraction of sp³-hybridized carbons (Fsp3) is 0.640. The number of aliphatic hydroxyl groups excluding tert-OH is 2. The molecule has 1 aromatic carbocycles. The van der Waals surface area contributed by atoms with E-state index in [0.29, 0.717) is 5.75 Å². The number of hydrogen-bond donors (Lipinski definition) is 2. The summed E-state index contributed by atoms with van der Waals surface area (Å²) < 4.78 is 17.1. The molecule has 0 radical (unpaired) electrons. The minimum Gasteiger partial charge on any atom is -0.487 e. The summed E-state index contributed by atoms with van der Waals surface area (Å²) in [5.74, 6) is 1.61. The van der Waals surface area contributed by atoms with Gasteiger partial charge in [0.2, 0.25) is 0 Å². The highest BCUT2D eigenvalue weighted by Gasteiger charge is 2.45. The molecule has 3 rings (SSSR count). The number of aryl methyl sites for hydroxylation is 1. The third kappa shape index (κ3) is 5.60. The van der Waals surface area contributed by atoms with Gasteiger partial charge in [-0.05, 0) is 64.2 Å². The number of carbonyl (C=O) groups is 1.